The Morgan fingerprint density at radius 3 is 2.47 bits per heavy atom. The SMILES string of the molecule is C=CNC(=NC)SC(C)(C)c1ccc(Br)cc1. The Morgan fingerprint density at radius 1 is 1.41 bits per heavy atom. The topological polar surface area (TPSA) is 24.4 Å². The van der Waals surface area contributed by atoms with Crippen molar-refractivity contribution in [3.8, 4) is 0 Å². The average Bonchev–Trinajstić information content (AvgIpc) is 2.28. The first-order chi connectivity index (χ1) is 7.99. The zero-order valence-electron chi connectivity index (χ0n) is 10.3. The molecule has 92 valence electrons. The van der Waals surface area contributed by atoms with Crippen LogP contribution in [0.2, 0.25) is 0 Å². The number of rotatable bonds is 3. The largest absolute Gasteiger partial charge is 0.342 e. The summed E-state index contributed by atoms with van der Waals surface area (Å²) in [5, 5.41) is 3.91. The van der Waals surface area contributed by atoms with Gasteiger partial charge in [-0.25, -0.2) is 0 Å². The molecule has 0 saturated heterocycles. The molecule has 0 radical (unpaired) electrons. The Labute approximate surface area is 116 Å². The van der Waals surface area contributed by atoms with E-state index in [1.807, 2.05) is 0 Å². The monoisotopic (exact) mass is 312 g/mol. The third-order valence-corrected chi connectivity index (χ3v) is 4.09. The molecule has 0 aliphatic rings. The summed E-state index contributed by atoms with van der Waals surface area (Å²) >= 11 is 5.13. The van der Waals surface area contributed by atoms with Gasteiger partial charge in [0.05, 0.1) is 0 Å². The molecular weight excluding hydrogens is 296 g/mol. The van der Waals surface area contributed by atoms with Gasteiger partial charge in [0.15, 0.2) is 5.17 Å². The quantitative estimate of drug-likeness (QED) is 0.670. The van der Waals surface area contributed by atoms with Crippen molar-refractivity contribution in [3.63, 3.8) is 0 Å². The fraction of sp³-hybridized carbons (Fsp3) is 0.308. The normalized spacial score (nSPS) is 12.4. The molecule has 0 heterocycles. The van der Waals surface area contributed by atoms with Crippen LogP contribution in [0.1, 0.15) is 19.4 Å². The van der Waals surface area contributed by atoms with Crippen LogP contribution in [0.15, 0.2) is 46.5 Å². The molecule has 1 aromatic carbocycles. The van der Waals surface area contributed by atoms with Gasteiger partial charge >= 0.3 is 0 Å². The van der Waals surface area contributed by atoms with Gasteiger partial charge in [0, 0.05) is 16.3 Å². The van der Waals surface area contributed by atoms with Crippen molar-refractivity contribution in [3.05, 3.63) is 47.1 Å². The van der Waals surface area contributed by atoms with E-state index in [1.165, 1.54) is 5.56 Å². The summed E-state index contributed by atoms with van der Waals surface area (Å²) in [4.78, 5) is 4.19. The second-order valence-corrected chi connectivity index (χ2v) is 6.52. The minimum absolute atomic E-state index is 0.0362. The fourth-order valence-electron chi connectivity index (χ4n) is 1.38. The maximum Gasteiger partial charge on any atom is 0.161 e. The molecule has 0 bridgehead atoms. The molecule has 0 aliphatic heterocycles. The van der Waals surface area contributed by atoms with E-state index in [1.54, 1.807) is 25.0 Å². The lowest BCUT2D eigenvalue weighted by Gasteiger charge is -2.25. The number of thioether (sulfide) groups is 1. The first-order valence-electron chi connectivity index (χ1n) is 5.29. The summed E-state index contributed by atoms with van der Waals surface area (Å²) in [7, 11) is 1.77. The number of hydrogen-bond acceptors (Lipinski definition) is 2. The smallest absolute Gasteiger partial charge is 0.161 e. The predicted molar refractivity (Wildman–Crippen MR) is 81.5 cm³/mol. The standard InChI is InChI=1S/C13H17BrN2S/c1-5-16-12(15-4)17-13(2,3)10-6-8-11(14)9-7-10/h5-9H,1H2,2-4H3,(H,15,16). The minimum atomic E-state index is -0.0362. The maximum atomic E-state index is 4.19. The highest BCUT2D eigenvalue weighted by molar-refractivity contribution is 9.10. The molecule has 0 amide bonds. The van der Waals surface area contributed by atoms with Crippen LogP contribution in [0, 0.1) is 0 Å². The summed E-state index contributed by atoms with van der Waals surface area (Å²) in [6, 6.07) is 8.36. The van der Waals surface area contributed by atoms with Crippen LogP contribution in [0.3, 0.4) is 0 Å². The summed E-state index contributed by atoms with van der Waals surface area (Å²) in [5.74, 6) is 0. The Kier molecular flexibility index (Phi) is 5.28. The van der Waals surface area contributed by atoms with Crippen molar-refractivity contribution in [1.29, 1.82) is 0 Å². The van der Waals surface area contributed by atoms with Crippen molar-refractivity contribution < 1.29 is 0 Å². The third kappa shape index (κ3) is 4.21. The molecule has 17 heavy (non-hydrogen) atoms. The summed E-state index contributed by atoms with van der Waals surface area (Å²) < 4.78 is 1.06. The van der Waals surface area contributed by atoms with Gasteiger partial charge in [-0.05, 0) is 37.7 Å². The highest BCUT2D eigenvalue weighted by Gasteiger charge is 2.23. The van der Waals surface area contributed by atoms with Gasteiger partial charge in [-0.2, -0.15) is 0 Å². The summed E-state index contributed by atoms with van der Waals surface area (Å²) in [6.07, 6.45) is 1.65. The Balaban J connectivity index is 2.87. The first-order valence-corrected chi connectivity index (χ1v) is 6.90. The molecular formula is C13H17BrN2S. The number of halogens is 1. The second-order valence-electron chi connectivity index (χ2n) is 4.00. The fourth-order valence-corrected chi connectivity index (χ4v) is 2.61. The Morgan fingerprint density at radius 2 is 2.00 bits per heavy atom. The molecule has 0 aromatic heterocycles. The van der Waals surface area contributed by atoms with Crippen LogP contribution < -0.4 is 5.32 Å². The molecule has 0 spiro atoms. The van der Waals surface area contributed by atoms with E-state index in [4.69, 9.17) is 0 Å². The Hall–Kier alpha value is -0.740. The summed E-state index contributed by atoms with van der Waals surface area (Å²) in [5.41, 5.74) is 1.26. The molecule has 1 N–H and O–H groups in total. The first kappa shape index (κ1) is 14.3. The van der Waals surface area contributed by atoms with Gasteiger partial charge in [0.25, 0.3) is 0 Å². The van der Waals surface area contributed by atoms with Gasteiger partial charge in [-0.3, -0.25) is 4.99 Å². The number of benzene rings is 1. The lowest BCUT2D eigenvalue weighted by molar-refractivity contribution is 0.787. The molecule has 4 heteroatoms. The van der Waals surface area contributed by atoms with Crippen LogP contribution in [0.5, 0.6) is 0 Å². The van der Waals surface area contributed by atoms with Gasteiger partial charge in [0.2, 0.25) is 0 Å². The zero-order chi connectivity index (χ0) is 12.9. The van der Waals surface area contributed by atoms with E-state index in [2.05, 4.69) is 70.9 Å². The van der Waals surface area contributed by atoms with Crippen molar-refractivity contribution in [2.24, 2.45) is 4.99 Å². The van der Waals surface area contributed by atoms with Gasteiger partial charge in [0.1, 0.15) is 0 Å². The third-order valence-electron chi connectivity index (χ3n) is 2.32. The number of nitrogens with one attached hydrogen (secondary N) is 1. The van der Waals surface area contributed by atoms with E-state index >= 15 is 0 Å². The molecule has 0 atom stereocenters. The molecule has 2 nitrogen and oxygen atoms in total. The Bertz CT molecular complexity index is 410. The molecule has 1 aromatic rings. The van der Waals surface area contributed by atoms with Crippen LogP contribution >= 0.6 is 27.7 Å². The van der Waals surface area contributed by atoms with Crippen LogP contribution in [-0.4, -0.2) is 12.2 Å². The van der Waals surface area contributed by atoms with Crippen molar-refractivity contribution >= 4 is 32.9 Å². The molecule has 1 rings (SSSR count). The average molecular weight is 313 g/mol. The summed E-state index contributed by atoms with van der Waals surface area (Å²) in [6.45, 7) is 8.01. The predicted octanol–water partition coefficient (Wildman–Crippen LogP) is 4.14. The number of nitrogens with zero attached hydrogens (tertiary/aromatic N) is 1. The van der Waals surface area contributed by atoms with Crippen LogP contribution in [0.25, 0.3) is 0 Å². The molecule has 0 aliphatic carbocycles. The second kappa shape index (κ2) is 6.26. The molecule has 0 unspecified atom stereocenters. The van der Waals surface area contributed by atoms with E-state index in [0.29, 0.717) is 0 Å². The van der Waals surface area contributed by atoms with Crippen molar-refractivity contribution in [2.75, 3.05) is 7.05 Å². The molecule has 0 saturated carbocycles. The lowest BCUT2D eigenvalue weighted by Crippen LogP contribution is -2.22. The number of hydrogen-bond donors (Lipinski definition) is 1. The van der Waals surface area contributed by atoms with Gasteiger partial charge < -0.3 is 5.32 Å². The van der Waals surface area contributed by atoms with Gasteiger partial charge in [-0.1, -0.05) is 46.4 Å². The number of aliphatic imine (C=N–C) groups is 1. The minimum Gasteiger partial charge on any atom is -0.342 e. The van der Waals surface area contributed by atoms with Crippen molar-refractivity contribution in [1.82, 2.24) is 5.32 Å². The van der Waals surface area contributed by atoms with Crippen molar-refractivity contribution in [2.45, 2.75) is 18.6 Å². The lowest BCUT2D eigenvalue weighted by atomic mass is 10.0. The van der Waals surface area contributed by atoms with Crippen LogP contribution in [0.4, 0.5) is 0 Å². The van der Waals surface area contributed by atoms with Gasteiger partial charge in [-0.15, -0.1) is 0 Å². The van der Waals surface area contributed by atoms with E-state index in [9.17, 15) is 0 Å². The van der Waals surface area contributed by atoms with E-state index < -0.39 is 0 Å². The highest BCUT2D eigenvalue weighted by Crippen LogP contribution is 2.36. The zero-order valence-corrected chi connectivity index (χ0v) is 12.7. The van der Waals surface area contributed by atoms with Crippen LogP contribution in [-0.2, 0) is 4.75 Å². The number of amidine groups is 1. The molecule has 0 fully saturated rings. The van der Waals surface area contributed by atoms with E-state index in [-0.39, 0.29) is 4.75 Å². The highest BCUT2D eigenvalue weighted by atomic mass is 79.9. The van der Waals surface area contributed by atoms with E-state index in [0.717, 1.165) is 9.64 Å². The maximum absolute atomic E-state index is 4.19.